The minimum absolute atomic E-state index is 0. The van der Waals surface area contributed by atoms with Crippen LogP contribution < -0.4 is 0 Å². The first kappa shape index (κ1) is 15.8. The van der Waals surface area contributed by atoms with Crippen LogP contribution in [0.5, 0.6) is 0 Å². The van der Waals surface area contributed by atoms with Gasteiger partial charge in [-0.15, -0.1) is 0 Å². The van der Waals surface area contributed by atoms with Gasteiger partial charge in [0.2, 0.25) is 0 Å². The zero-order valence-electron chi connectivity index (χ0n) is 2.38. The van der Waals surface area contributed by atoms with E-state index in [2.05, 4.69) is 0 Å². The summed E-state index contributed by atoms with van der Waals surface area (Å²) in [5.41, 5.74) is 0. The van der Waals surface area contributed by atoms with Crippen molar-refractivity contribution in [3.05, 3.63) is 0 Å². The molecule has 0 rings (SSSR count). The molecule has 5 heteroatoms. The number of hydrogen-bond donors (Lipinski definition) is 2. The van der Waals surface area contributed by atoms with Gasteiger partial charge in [-0.1, -0.05) is 0 Å². The van der Waals surface area contributed by atoms with E-state index >= 15 is 0 Å². The maximum Gasteiger partial charge on any atom is 0.503 e. The van der Waals surface area contributed by atoms with Gasteiger partial charge in [-0.2, -0.15) is 0 Å². The van der Waals surface area contributed by atoms with Gasteiger partial charge in [0.15, 0.2) is 17.4 Å². The van der Waals surface area contributed by atoms with Crippen LogP contribution in [-0.4, -0.2) is 33.7 Å². The van der Waals surface area contributed by atoms with Crippen LogP contribution in [-0.2, 0) is 0 Å². The Morgan fingerprint density at radius 3 is 1.33 bits per heavy atom. The summed E-state index contributed by atoms with van der Waals surface area (Å²) in [5, 5.41) is 13.9. The van der Waals surface area contributed by atoms with E-state index in [9.17, 15) is 0 Å². The topological polar surface area (TPSA) is 57.5 Å². The third-order valence-electron chi connectivity index (χ3n) is 0. The van der Waals surface area contributed by atoms with Crippen molar-refractivity contribution in [3.8, 4) is 0 Å². The molecule has 33 valence electrons. The third-order valence-corrected chi connectivity index (χ3v) is 0. The van der Waals surface area contributed by atoms with E-state index in [-0.39, 0.29) is 53.0 Å². The monoisotopic (exact) mass is 231 g/mol. The normalized spacial score (nSPS) is 4.00. The molecule has 0 aromatic rings. The predicted molar refractivity (Wildman–Crippen MR) is 20.6 cm³/mol. The molecule has 1 radical (unpaired) electrons. The molecular weight excluding hydrogens is 226 g/mol. The summed E-state index contributed by atoms with van der Waals surface area (Å²) >= 11 is 0. The molecule has 0 amide bonds. The summed E-state index contributed by atoms with van der Waals surface area (Å²) in [7, 11) is 0. The van der Waals surface area contributed by atoms with Crippen molar-refractivity contribution in [2.75, 3.05) is 0 Å². The minimum atomic E-state index is -1.83. The molecule has 0 aromatic carbocycles. The van der Waals surface area contributed by atoms with Crippen LogP contribution in [0.15, 0.2) is 0 Å². The fraction of sp³-hybridized carbons (Fsp3) is 0. The zero-order valence-corrected chi connectivity index (χ0v) is 6.01. The van der Waals surface area contributed by atoms with Crippen LogP contribution in [0.25, 0.3) is 0 Å². The quantitative estimate of drug-likeness (QED) is 0.528. The minimum Gasteiger partial charge on any atom is -0.450 e. The van der Waals surface area contributed by atoms with E-state index in [1.807, 2.05) is 0 Å². The van der Waals surface area contributed by atoms with Crippen molar-refractivity contribution >= 4 is 23.5 Å². The first-order chi connectivity index (χ1) is 1.73. The molecule has 3 nitrogen and oxygen atoms in total. The molecule has 0 aromatic heterocycles. The van der Waals surface area contributed by atoms with Crippen molar-refractivity contribution < 1.29 is 50.6 Å². The second-order valence-electron chi connectivity index (χ2n) is 0.283. The Bertz CT molecular complexity index is 33.8. The molecule has 6 heavy (non-hydrogen) atoms. The SMILES string of the molecule is O=C(O)O.[AlH3].[La]. The maximum atomic E-state index is 8.56. The first-order valence-electron chi connectivity index (χ1n) is 0.651. The van der Waals surface area contributed by atoms with E-state index < -0.39 is 6.16 Å². The van der Waals surface area contributed by atoms with E-state index in [0.717, 1.165) is 0 Å². The van der Waals surface area contributed by atoms with E-state index in [4.69, 9.17) is 15.0 Å². The molecule has 0 spiro atoms. The van der Waals surface area contributed by atoms with Crippen molar-refractivity contribution in [3.63, 3.8) is 0 Å². The van der Waals surface area contributed by atoms with Gasteiger partial charge in [-0.25, -0.2) is 4.79 Å². The summed E-state index contributed by atoms with van der Waals surface area (Å²) in [6.45, 7) is 0. The smallest absolute Gasteiger partial charge is 0.450 e. The Hall–Kier alpha value is 0.997. The van der Waals surface area contributed by atoms with Gasteiger partial charge in [-0.3, -0.25) is 0 Å². The second kappa shape index (κ2) is 9.37. The molecule has 0 fully saturated rings. The molecule has 0 saturated heterocycles. The van der Waals surface area contributed by atoms with Gasteiger partial charge < -0.3 is 10.2 Å². The second-order valence-corrected chi connectivity index (χ2v) is 0.283. The van der Waals surface area contributed by atoms with Crippen LogP contribution in [0.4, 0.5) is 4.79 Å². The van der Waals surface area contributed by atoms with Crippen LogP contribution >= 0.6 is 0 Å². The van der Waals surface area contributed by atoms with Gasteiger partial charge in [0.25, 0.3) is 0 Å². The summed E-state index contributed by atoms with van der Waals surface area (Å²) in [5.74, 6) is 0. The number of carboxylic acid groups (broad SMARTS) is 2. The molecule has 0 atom stereocenters. The molecule has 0 aliphatic carbocycles. The van der Waals surface area contributed by atoms with Gasteiger partial charge in [0, 0.05) is 35.6 Å². The Labute approximate surface area is 73.5 Å². The summed E-state index contributed by atoms with van der Waals surface area (Å²) in [4.78, 5) is 8.56. The van der Waals surface area contributed by atoms with Crippen molar-refractivity contribution in [2.45, 2.75) is 0 Å². The molecule has 0 unspecified atom stereocenters. The molecule has 2 N–H and O–H groups in total. The van der Waals surface area contributed by atoms with Gasteiger partial charge in [0.1, 0.15) is 0 Å². The largest absolute Gasteiger partial charge is 0.503 e. The van der Waals surface area contributed by atoms with Crippen LogP contribution in [0.2, 0.25) is 0 Å². The van der Waals surface area contributed by atoms with Crippen LogP contribution in [0, 0.1) is 35.6 Å². The molecule has 0 aliphatic rings. The predicted octanol–water partition coefficient (Wildman–Crippen LogP) is -0.962. The molecule has 0 saturated carbocycles. The molecule has 0 heterocycles. The Balaban J connectivity index is -0.0000000450. The van der Waals surface area contributed by atoms with E-state index in [0.29, 0.717) is 0 Å². The van der Waals surface area contributed by atoms with Crippen molar-refractivity contribution in [2.24, 2.45) is 0 Å². The van der Waals surface area contributed by atoms with Gasteiger partial charge in [-0.05, 0) is 0 Å². The van der Waals surface area contributed by atoms with Crippen molar-refractivity contribution in [1.29, 1.82) is 0 Å². The maximum absolute atomic E-state index is 8.56. The average Bonchev–Trinajstić information content (AvgIpc) is 0.811. The van der Waals surface area contributed by atoms with Gasteiger partial charge in [0.05, 0.1) is 0 Å². The van der Waals surface area contributed by atoms with E-state index in [1.54, 1.807) is 0 Å². The molecule has 0 bridgehead atoms. The van der Waals surface area contributed by atoms with Crippen LogP contribution in [0.3, 0.4) is 0 Å². The average molecular weight is 231 g/mol. The standard InChI is InChI=1S/CH2O3.Al.La.3H/c2-1(3)4;;;;;/h(H2,2,3,4);;;;;. The summed E-state index contributed by atoms with van der Waals surface area (Å²) < 4.78 is 0. The van der Waals surface area contributed by atoms with Gasteiger partial charge >= 0.3 is 6.16 Å². The van der Waals surface area contributed by atoms with Crippen LogP contribution in [0.1, 0.15) is 0 Å². The number of carbonyl (C=O) groups is 1. The summed E-state index contributed by atoms with van der Waals surface area (Å²) in [6.07, 6.45) is -1.83. The summed E-state index contributed by atoms with van der Waals surface area (Å²) in [6, 6.07) is 0. The zero-order chi connectivity index (χ0) is 3.58. The Morgan fingerprint density at radius 1 is 1.33 bits per heavy atom. The fourth-order valence-electron chi connectivity index (χ4n) is 0. The first-order valence-corrected chi connectivity index (χ1v) is 0.651. The Kier molecular flexibility index (Phi) is 24.6. The van der Waals surface area contributed by atoms with E-state index in [1.165, 1.54) is 0 Å². The van der Waals surface area contributed by atoms with Crippen molar-refractivity contribution in [1.82, 2.24) is 0 Å². The molecule has 0 aliphatic heterocycles. The fourth-order valence-corrected chi connectivity index (χ4v) is 0. The Morgan fingerprint density at radius 2 is 1.33 bits per heavy atom. The number of rotatable bonds is 0. The third kappa shape index (κ3) is 80.3. The number of hydrogen-bond acceptors (Lipinski definition) is 1. The molecular formula is CH5AlLaO3.